The van der Waals surface area contributed by atoms with Gasteiger partial charge in [-0.3, -0.25) is 0 Å². The number of aromatic nitrogens is 1. The zero-order chi connectivity index (χ0) is 41.8. The summed E-state index contributed by atoms with van der Waals surface area (Å²) >= 11 is 0. The Balaban J connectivity index is 0.00000529. The van der Waals surface area contributed by atoms with Gasteiger partial charge in [-0.25, -0.2) is 4.98 Å². The number of rotatable bonds is 12. The quantitative estimate of drug-likeness (QED) is 0.114. The summed E-state index contributed by atoms with van der Waals surface area (Å²) in [6.45, 7) is 11.4. The van der Waals surface area contributed by atoms with E-state index in [0.717, 1.165) is 39.7 Å². The second-order valence-electron chi connectivity index (χ2n) is 16.3. The standard InChI is InChI=1S/C56H47N4O.Pt/c1-55(2,44-22-11-6-12-23-44)46-36-47(56(3,4)45-24-13-7-14-25-45)38-51(37-46)59-33-32-58(41-59)50-34-43(42-20-9-5-10-21-42)35-53(40-50)61-52-29-19-28-49(39-52)60(48-26-15-8-16-27-48)54-30-17-18-31-57-54;/h5-38,41H,1-4H3;/q-3;. The van der Waals surface area contributed by atoms with Gasteiger partial charge in [0, 0.05) is 61.0 Å². The minimum atomic E-state index is -0.240. The zero-order valence-corrected chi connectivity index (χ0v) is 37.5. The second kappa shape index (κ2) is 18.1. The van der Waals surface area contributed by atoms with Gasteiger partial charge in [0.15, 0.2) is 0 Å². The van der Waals surface area contributed by atoms with Gasteiger partial charge in [0.1, 0.15) is 5.82 Å². The molecule has 0 bridgehead atoms. The first kappa shape index (κ1) is 42.0. The Bertz CT molecular complexity index is 2650. The van der Waals surface area contributed by atoms with Gasteiger partial charge in [-0.05, 0) is 76.6 Å². The van der Waals surface area contributed by atoms with Crippen LogP contribution in [0.2, 0.25) is 0 Å². The third-order valence-corrected chi connectivity index (χ3v) is 11.6. The Labute approximate surface area is 380 Å². The van der Waals surface area contributed by atoms with E-state index in [2.05, 4.69) is 200 Å². The summed E-state index contributed by atoms with van der Waals surface area (Å²) in [7, 11) is 0. The Morgan fingerprint density at radius 3 is 1.71 bits per heavy atom. The molecule has 5 nitrogen and oxygen atoms in total. The molecular formula is C56H47N4OPt-3. The van der Waals surface area contributed by atoms with E-state index < -0.39 is 0 Å². The van der Waals surface area contributed by atoms with Crippen LogP contribution in [0.5, 0.6) is 11.5 Å². The van der Waals surface area contributed by atoms with E-state index in [-0.39, 0.29) is 31.9 Å². The van der Waals surface area contributed by atoms with Crippen molar-refractivity contribution in [1.29, 1.82) is 0 Å². The molecule has 0 amide bonds. The molecule has 1 aromatic heterocycles. The molecule has 2 heterocycles. The number of hydrogen-bond acceptors (Lipinski definition) is 5. The smallest absolute Gasteiger partial charge is 0.135 e. The second-order valence-corrected chi connectivity index (χ2v) is 16.3. The van der Waals surface area contributed by atoms with Crippen molar-refractivity contribution in [1.82, 2.24) is 4.98 Å². The van der Waals surface area contributed by atoms with Crippen molar-refractivity contribution >= 4 is 28.6 Å². The molecule has 0 N–H and O–H groups in total. The minimum absolute atomic E-state index is 0. The average molecular weight is 987 g/mol. The molecule has 0 aliphatic carbocycles. The third-order valence-electron chi connectivity index (χ3n) is 11.6. The molecule has 1 aliphatic rings. The molecule has 9 rings (SSSR count). The van der Waals surface area contributed by atoms with Gasteiger partial charge in [0.25, 0.3) is 0 Å². The van der Waals surface area contributed by atoms with Crippen molar-refractivity contribution in [2.45, 2.75) is 38.5 Å². The molecule has 0 unspecified atom stereocenters. The average Bonchev–Trinajstić information content (AvgIpc) is 3.82. The first-order valence-corrected chi connectivity index (χ1v) is 20.7. The monoisotopic (exact) mass is 986 g/mol. The molecule has 8 aromatic rings. The zero-order valence-electron chi connectivity index (χ0n) is 35.2. The maximum atomic E-state index is 6.67. The fraction of sp³-hybridized carbons (Fsp3) is 0.107. The summed E-state index contributed by atoms with van der Waals surface area (Å²) in [5.41, 5.74) is 10.3. The molecule has 0 radical (unpaired) electrons. The van der Waals surface area contributed by atoms with Crippen LogP contribution in [0.15, 0.2) is 207 Å². The number of benzene rings is 7. The number of anilines is 5. The van der Waals surface area contributed by atoms with E-state index in [4.69, 9.17) is 4.74 Å². The van der Waals surface area contributed by atoms with Gasteiger partial charge < -0.3 is 19.4 Å². The fourth-order valence-corrected chi connectivity index (χ4v) is 7.90. The summed E-state index contributed by atoms with van der Waals surface area (Å²) in [6.07, 6.45) is 6.00. The van der Waals surface area contributed by atoms with Crippen LogP contribution in [0, 0.1) is 18.8 Å². The van der Waals surface area contributed by atoms with Gasteiger partial charge in [-0.2, -0.15) is 6.07 Å². The van der Waals surface area contributed by atoms with Crippen molar-refractivity contribution in [3.8, 4) is 22.6 Å². The molecule has 0 saturated heterocycles. The molecule has 62 heavy (non-hydrogen) atoms. The van der Waals surface area contributed by atoms with Crippen LogP contribution in [0.25, 0.3) is 11.1 Å². The predicted octanol–water partition coefficient (Wildman–Crippen LogP) is 14.2. The summed E-state index contributed by atoms with van der Waals surface area (Å²) in [5, 5.41) is 0. The van der Waals surface area contributed by atoms with Crippen molar-refractivity contribution < 1.29 is 25.8 Å². The van der Waals surface area contributed by atoms with Crippen molar-refractivity contribution in [2.24, 2.45) is 0 Å². The number of ether oxygens (including phenoxy) is 1. The summed E-state index contributed by atoms with van der Waals surface area (Å²) in [4.78, 5) is 11.1. The Hall–Kier alpha value is -6.68. The molecule has 6 heteroatoms. The van der Waals surface area contributed by atoms with Gasteiger partial charge in [0.05, 0.1) is 0 Å². The van der Waals surface area contributed by atoms with Crippen molar-refractivity contribution in [3.05, 3.63) is 248 Å². The largest absolute Gasteiger partial charge is 0.509 e. The van der Waals surface area contributed by atoms with Gasteiger partial charge in [0.2, 0.25) is 0 Å². The third kappa shape index (κ3) is 8.86. The molecule has 0 spiro atoms. The Morgan fingerprint density at radius 1 is 0.516 bits per heavy atom. The van der Waals surface area contributed by atoms with Crippen LogP contribution in [0.1, 0.15) is 49.9 Å². The van der Waals surface area contributed by atoms with E-state index in [0.29, 0.717) is 11.5 Å². The molecule has 310 valence electrons. The van der Waals surface area contributed by atoms with Crippen LogP contribution in [-0.4, -0.2) is 4.98 Å². The number of pyridine rings is 1. The van der Waals surface area contributed by atoms with Crippen LogP contribution in [0.3, 0.4) is 0 Å². The Morgan fingerprint density at radius 2 is 1.10 bits per heavy atom. The van der Waals surface area contributed by atoms with Crippen LogP contribution >= 0.6 is 0 Å². The molecule has 1 aliphatic heterocycles. The predicted molar refractivity (Wildman–Crippen MR) is 251 cm³/mol. The van der Waals surface area contributed by atoms with Crippen molar-refractivity contribution in [2.75, 3.05) is 14.7 Å². The minimum Gasteiger partial charge on any atom is -0.509 e. The molecule has 7 aromatic carbocycles. The first-order valence-electron chi connectivity index (χ1n) is 20.7. The number of nitrogens with zero attached hydrogens (tertiary/aromatic N) is 4. The summed E-state index contributed by atoms with van der Waals surface area (Å²) in [5.74, 6) is 1.93. The SMILES string of the molecule is CC(C)(c1ccccc1)c1cc(N2C=CN(c3[c-]c(Oc4[c-]c(N(c5ccccc5)c5ccccn5)ccc4)cc(-c4ccccc4)c3)[CH-]2)cc(C(C)(C)c2ccccc2)c1.[Pt]. The molecule has 0 saturated carbocycles. The number of hydrogen-bond donors (Lipinski definition) is 0. The van der Waals surface area contributed by atoms with E-state index >= 15 is 0 Å². The van der Waals surface area contributed by atoms with E-state index in [1.165, 1.54) is 22.3 Å². The molecular weight excluding hydrogens is 940 g/mol. The van der Waals surface area contributed by atoms with Gasteiger partial charge >= 0.3 is 0 Å². The Kier molecular flexibility index (Phi) is 12.3. The maximum absolute atomic E-state index is 6.67. The summed E-state index contributed by atoms with van der Waals surface area (Å²) in [6, 6.07) is 72.3. The van der Waals surface area contributed by atoms with E-state index in [9.17, 15) is 0 Å². The van der Waals surface area contributed by atoms with E-state index in [1.807, 2.05) is 66.7 Å². The number of para-hydroxylation sites is 1. The molecule has 0 fully saturated rings. The molecule has 0 atom stereocenters. The topological polar surface area (TPSA) is 31.8 Å². The normalized spacial score (nSPS) is 12.5. The van der Waals surface area contributed by atoms with Crippen molar-refractivity contribution in [3.63, 3.8) is 0 Å². The first-order chi connectivity index (χ1) is 29.7. The fourth-order valence-electron chi connectivity index (χ4n) is 7.90. The van der Waals surface area contributed by atoms with Gasteiger partial charge in [-0.15, -0.1) is 54.3 Å². The van der Waals surface area contributed by atoms with Crippen LogP contribution < -0.4 is 19.4 Å². The maximum Gasteiger partial charge on any atom is 0.135 e. The van der Waals surface area contributed by atoms with Crippen LogP contribution in [0.4, 0.5) is 28.6 Å². The van der Waals surface area contributed by atoms with Gasteiger partial charge in [-0.1, -0.05) is 155 Å². The summed E-state index contributed by atoms with van der Waals surface area (Å²) < 4.78 is 6.67. The van der Waals surface area contributed by atoms with Crippen LogP contribution in [-0.2, 0) is 31.9 Å². The van der Waals surface area contributed by atoms with E-state index in [1.54, 1.807) is 6.20 Å².